The maximum atomic E-state index is 11.4. The van der Waals surface area contributed by atoms with Gasteiger partial charge in [-0.25, -0.2) is 0 Å². The van der Waals surface area contributed by atoms with Crippen molar-refractivity contribution in [3.05, 3.63) is 48.0 Å². The highest BCUT2D eigenvalue weighted by Gasteiger charge is 2.14. The van der Waals surface area contributed by atoms with Crippen molar-refractivity contribution in [1.82, 2.24) is 0 Å². The molecule has 0 saturated heterocycles. The Hall–Kier alpha value is -2.05. The Kier molecular flexibility index (Phi) is 6.23. The Balaban J connectivity index is 2.27. The number of ether oxygens (including phenoxy) is 1. The summed E-state index contributed by atoms with van der Waals surface area (Å²) < 4.78 is 37.7. The molecule has 0 aliphatic carbocycles. The molecule has 0 amide bonds. The fourth-order valence-corrected chi connectivity index (χ4v) is 2.88. The highest BCUT2D eigenvalue weighted by atomic mass is 32.2. The molecule has 0 aliphatic heterocycles. The molecule has 0 radical (unpaired) electrons. The molecule has 2 aromatic rings. The van der Waals surface area contributed by atoms with Gasteiger partial charge in [0.1, 0.15) is 17.2 Å². The molecule has 0 aromatic heterocycles. The molecular weight excluding hydrogens is 328 g/mol. The van der Waals surface area contributed by atoms with Crippen molar-refractivity contribution < 1.29 is 22.8 Å². The summed E-state index contributed by atoms with van der Waals surface area (Å²) in [5.41, 5.74) is 0.881. The van der Waals surface area contributed by atoms with Crippen LogP contribution in [0.4, 0.5) is 0 Å². The maximum Gasteiger partial charge on any atom is 0.294 e. The van der Waals surface area contributed by atoms with Gasteiger partial charge in [0.05, 0.1) is 4.90 Å². The van der Waals surface area contributed by atoms with Crippen molar-refractivity contribution in [2.45, 2.75) is 43.9 Å². The maximum absolute atomic E-state index is 11.4. The third kappa shape index (κ3) is 5.25. The Morgan fingerprint density at radius 3 is 2.33 bits per heavy atom. The van der Waals surface area contributed by atoms with Gasteiger partial charge in [0.25, 0.3) is 10.1 Å². The second-order valence-electron chi connectivity index (χ2n) is 5.65. The number of hydrogen-bond acceptors (Lipinski definition) is 4. The number of unbranched alkanes of at least 4 members (excludes halogenated alkanes) is 3. The van der Waals surface area contributed by atoms with Gasteiger partial charge in [0.15, 0.2) is 0 Å². The molecule has 2 rings (SSSR count). The highest BCUT2D eigenvalue weighted by Crippen LogP contribution is 2.30. The quantitative estimate of drug-likeness (QED) is 0.539. The van der Waals surface area contributed by atoms with Gasteiger partial charge >= 0.3 is 0 Å². The Morgan fingerprint density at radius 1 is 1.00 bits per heavy atom. The molecule has 5 nitrogen and oxygen atoms in total. The largest absolute Gasteiger partial charge is 0.508 e. The molecule has 0 atom stereocenters. The lowest BCUT2D eigenvalue weighted by molar-refractivity contribution is 0.458. The second-order valence-corrected chi connectivity index (χ2v) is 7.07. The fourth-order valence-electron chi connectivity index (χ4n) is 2.38. The summed E-state index contributed by atoms with van der Waals surface area (Å²) in [4.78, 5) is -0.200. The van der Waals surface area contributed by atoms with E-state index in [-0.39, 0.29) is 10.6 Å². The predicted octanol–water partition coefficient (Wildman–Crippen LogP) is 4.55. The molecule has 130 valence electrons. The highest BCUT2D eigenvalue weighted by molar-refractivity contribution is 7.85. The number of hydrogen-bond donors (Lipinski definition) is 2. The first-order valence-corrected chi connectivity index (χ1v) is 9.41. The Morgan fingerprint density at radius 2 is 1.71 bits per heavy atom. The summed E-state index contributed by atoms with van der Waals surface area (Å²) in [6, 6.07) is 10.6. The summed E-state index contributed by atoms with van der Waals surface area (Å²) in [5.74, 6) is 0.997. The van der Waals surface area contributed by atoms with E-state index in [1.54, 1.807) is 18.2 Å². The smallest absolute Gasteiger partial charge is 0.294 e. The summed E-state index contributed by atoms with van der Waals surface area (Å²) in [7, 11) is -4.29. The third-order valence-corrected chi connectivity index (χ3v) is 4.55. The molecule has 2 N–H and O–H groups in total. The first-order valence-electron chi connectivity index (χ1n) is 7.97. The molecule has 24 heavy (non-hydrogen) atoms. The summed E-state index contributed by atoms with van der Waals surface area (Å²) in [6.07, 6.45) is 5.12. The van der Waals surface area contributed by atoms with E-state index in [1.165, 1.54) is 24.3 Å². The van der Waals surface area contributed by atoms with E-state index >= 15 is 0 Å². The molecule has 0 heterocycles. The molecule has 2 aromatic carbocycles. The number of aryl methyl sites for hydroxylation is 1. The van der Waals surface area contributed by atoms with Crippen molar-refractivity contribution in [2.75, 3.05) is 0 Å². The van der Waals surface area contributed by atoms with E-state index in [1.807, 2.05) is 0 Å². The van der Waals surface area contributed by atoms with Crippen LogP contribution in [0.2, 0.25) is 0 Å². The lowest BCUT2D eigenvalue weighted by Crippen LogP contribution is -2.00. The van der Waals surface area contributed by atoms with Gasteiger partial charge in [-0.3, -0.25) is 4.55 Å². The summed E-state index contributed by atoms with van der Waals surface area (Å²) in [5, 5.41) is 9.33. The standard InChI is InChI=1S/C18H22O5S/c1-2-3-4-5-6-14-7-12-17(24(20,21)22)13-18(14)23-16-10-8-15(19)9-11-16/h7-13,19H,2-6H2,1H3,(H,20,21,22). The molecule has 0 fully saturated rings. The zero-order valence-corrected chi connectivity index (χ0v) is 14.4. The first-order chi connectivity index (χ1) is 11.4. The van der Waals surface area contributed by atoms with Crippen LogP contribution in [0.5, 0.6) is 17.2 Å². The minimum Gasteiger partial charge on any atom is -0.508 e. The van der Waals surface area contributed by atoms with Crippen molar-refractivity contribution in [1.29, 1.82) is 0 Å². The number of benzene rings is 2. The molecule has 6 heteroatoms. The molecular formula is C18H22O5S. The van der Waals surface area contributed by atoms with Crippen LogP contribution in [0.25, 0.3) is 0 Å². The zero-order chi connectivity index (χ0) is 17.6. The third-order valence-electron chi connectivity index (χ3n) is 3.70. The predicted molar refractivity (Wildman–Crippen MR) is 92.3 cm³/mol. The lowest BCUT2D eigenvalue weighted by atomic mass is 10.1. The van der Waals surface area contributed by atoms with Crippen molar-refractivity contribution >= 4 is 10.1 Å². The Bertz CT molecular complexity index is 766. The summed E-state index contributed by atoms with van der Waals surface area (Å²) in [6.45, 7) is 2.14. The van der Waals surface area contributed by atoms with Crippen LogP contribution in [0.15, 0.2) is 47.4 Å². The zero-order valence-electron chi connectivity index (χ0n) is 13.6. The molecule has 0 aliphatic rings. The topological polar surface area (TPSA) is 83.8 Å². The SMILES string of the molecule is CCCCCCc1ccc(S(=O)(=O)O)cc1Oc1ccc(O)cc1. The number of phenolic OH excluding ortho intramolecular Hbond substituents is 1. The fraction of sp³-hybridized carbons (Fsp3) is 0.333. The van der Waals surface area contributed by atoms with Crippen LogP contribution in [-0.2, 0) is 16.5 Å². The van der Waals surface area contributed by atoms with Gasteiger partial charge in [-0.05, 0) is 48.7 Å². The van der Waals surface area contributed by atoms with Crippen molar-refractivity contribution in [3.8, 4) is 17.2 Å². The molecule has 0 spiro atoms. The average molecular weight is 350 g/mol. The van der Waals surface area contributed by atoms with E-state index in [0.29, 0.717) is 11.5 Å². The molecule has 0 unspecified atom stereocenters. The number of aromatic hydroxyl groups is 1. The van der Waals surface area contributed by atoms with E-state index in [2.05, 4.69) is 6.92 Å². The van der Waals surface area contributed by atoms with Crippen LogP contribution < -0.4 is 4.74 Å². The molecule has 0 bridgehead atoms. The minimum absolute atomic E-state index is 0.119. The number of phenols is 1. The van der Waals surface area contributed by atoms with Gasteiger partial charge in [0.2, 0.25) is 0 Å². The van der Waals surface area contributed by atoms with Gasteiger partial charge in [0, 0.05) is 6.07 Å². The van der Waals surface area contributed by atoms with Crippen LogP contribution >= 0.6 is 0 Å². The normalized spacial score (nSPS) is 11.4. The van der Waals surface area contributed by atoms with E-state index in [4.69, 9.17) is 4.74 Å². The van der Waals surface area contributed by atoms with Crippen molar-refractivity contribution in [2.24, 2.45) is 0 Å². The Labute approximate surface area is 142 Å². The number of rotatable bonds is 8. The van der Waals surface area contributed by atoms with Gasteiger partial charge < -0.3 is 9.84 Å². The van der Waals surface area contributed by atoms with Crippen LogP contribution in [0.3, 0.4) is 0 Å². The second kappa shape index (κ2) is 8.17. The molecule has 0 saturated carbocycles. The van der Waals surface area contributed by atoms with Gasteiger partial charge in [-0.15, -0.1) is 0 Å². The van der Waals surface area contributed by atoms with E-state index in [9.17, 15) is 18.1 Å². The van der Waals surface area contributed by atoms with Crippen LogP contribution in [0, 0.1) is 0 Å². The average Bonchev–Trinajstić information content (AvgIpc) is 2.54. The van der Waals surface area contributed by atoms with E-state index < -0.39 is 10.1 Å². The summed E-state index contributed by atoms with van der Waals surface area (Å²) >= 11 is 0. The first kappa shape index (κ1) is 18.3. The van der Waals surface area contributed by atoms with E-state index in [0.717, 1.165) is 37.7 Å². The lowest BCUT2D eigenvalue weighted by Gasteiger charge is -2.12. The van der Waals surface area contributed by atoms with Crippen molar-refractivity contribution in [3.63, 3.8) is 0 Å². The van der Waals surface area contributed by atoms with Gasteiger partial charge in [-0.2, -0.15) is 8.42 Å². The van der Waals surface area contributed by atoms with Gasteiger partial charge in [-0.1, -0.05) is 32.3 Å². The monoisotopic (exact) mass is 350 g/mol. The van der Waals surface area contributed by atoms with Crippen LogP contribution in [0.1, 0.15) is 38.2 Å². The van der Waals surface area contributed by atoms with Crippen LogP contribution in [-0.4, -0.2) is 18.1 Å². The minimum atomic E-state index is -4.29.